The molecule has 6 nitrogen and oxygen atoms in total. The predicted octanol–water partition coefficient (Wildman–Crippen LogP) is 5.40. The zero-order valence-electron chi connectivity index (χ0n) is 21.2. The van der Waals surface area contributed by atoms with Crippen molar-refractivity contribution in [1.29, 1.82) is 0 Å². The Balaban J connectivity index is 1.74. The molecule has 1 heterocycles. The van der Waals surface area contributed by atoms with Crippen molar-refractivity contribution in [3.63, 3.8) is 0 Å². The van der Waals surface area contributed by atoms with Gasteiger partial charge in [0, 0.05) is 31.1 Å². The first kappa shape index (κ1) is 25.4. The van der Waals surface area contributed by atoms with Crippen molar-refractivity contribution in [3.05, 3.63) is 58.1 Å². The second-order valence-corrected chi connectivity index (χ2v) is 10.3. The van der Waals surface area contributed by atoms with Gasteiger partial charge < -0.3 is 19.3 Å². The van der Waals surface area contributed by atoms with Gasteiger partial charge in [-0.25, -0.2) is 0 Å². The third-order valence-electron chi connectivity index (χ3n) is 7.28. The standard InChI is InChI=1S/C28H35ClN2O4/c1-17(2)35-26-16-24-20(14-25(26)34-5)15-27(33)31(28(24)19-6-8-21(29)9-7-19)23-12-10-22(11-13-23)30(4)18(3)32/h6-9,14,16-17,22-23,28H,10-13,15H2,1-5H3/t22-,23-,28?. The minimum absolute atomic E-state index is 0.00852. The van der Waals surface area contributed by atoms with E-state index in [2.05, 4.69) is 4.90 Å². The quantitative estimate of drug-likeness (QED) is 0.535. The summed E-state index contributed by atoms with van der Waals surface area (Å²) < 4.78 is 11.7. The van der Waals surface area contributed by atoms with Crippen molar-refractivity contribution in [2.24, 2.45) is 0 Å². The van der Waals surface area contributed by atoms with Crippen LogP contribution in [0.2, 0.25) is 5.02 Å². The van der Waals surface area contributed by atoms with Crippen molar-refractivity contribution >= 4 is 23.4 Å². The molecule has 2 aromatic rings. The van der Waals surface area contributed by atoms with Crippen molar-refractivity contribution in [2.45, 2.75) is 77.1 Å². The van der Waals surface area contributed by atoms with E-state index in [0.29, 0.717) is 22.9 Å². The number of hydrogen-bond acceptors (Lipinski definition) is 4. The fourth-order valence-corrected chi connectivity index (χ4v) is 5.59. The van der Waals surface area contributed by atoms with Crippen LogP contribution in [0, 0.1) is 0 Å². The number of amides is 2. The number of rotatable bonds is 6. The first-order valence-electron chi connectivity index (χ1n) is 12.4. The summed E-state index contributed by atoms with van der Waals surface area (Å²) in [5.74, 6) is 1.52. The summed E-state index contributed by atoms with van der Waals surface area (Å²) in [6.07, 6.45) is 3.80. The molecular weight excluding hydrogens is 464 g/mol. The summed E-state index contributed by atoms with van der Waals surface area (Å²) in [5, 5.41) is 0.661. The first-order chi connectivity index (χ1) is 16.7. The lowest BCUT2D eigenvalue weighted by Crippen LogP contribution is -2.50. The summed E-state index contributed by atoms with van der Waals surface area (Å²) in [4.78, 5) is 29.4. The molecule has 0 aromatic heterocycles. The molecule has 0 saturated heterocycles. The normalized spacial score (nSPS) is 22.1. The summed E-state index contributed by atoms with van der Waals surface area (Å²) in [6.45, 7) is 5.59. The highest BCUT2D eigenvalue weighted by Crippen LogP contribution is 2.44. The topological polar surface area (TPSA) is 59.1 Å². The monoisotopic (exact) mass is 498 g/mol. The van der Waals surface area contributed by atoms with Crippen LogP contribution in [0.3, 0.4) is 0 Å². The Labute approximate surface area is 213 Å². The lowest BCUT2D eigenvalue weighted by Gasteiger charge is -2.46. The Morgan fingerprint density at radius 1 is 1.09 bits per heavy atom. The van der Waals surface area contributed by atoms with Gasteiger partial charge in [-0.2, -0.15) is 0 Å². The highest BCUT2D eigenvalue weighted by Gasteiger charge is 2.40. The largest absolute Gasteiger partial charge is 0.493 e. The van der Waals surface area contributed by atoms with Gasteiger partial charge in [-0.05, 0) is 80.5 Å². The van der Waals surface area contributed by atoms with E-state index in [1.165, 1.54) is 0 Å². The molecule has 7 heteroatoms. The SMILES string of the molecule is COc1cc2c(cc1OC(C)C)C(c1ccc(Cl)cc1)N([C@H]1CC[C@H](N(C)C(C)=O)CC1)C(=O)C2. The van der Waals surface area contributed by atoms with E-state index in [1.54, 1.807) is 14.0 Å². The Bertz CT molecular complexity index is 1080. The summed E-state index contributed by atoms with van der Waals surface area (Å²) in [6, 6.07) is 11.8. The minimum Gasteiger partial charge on any atom is -0.493 e. The van der Waals surface area contributed by atoms with Gasteiger partial charge >= 0.3 is 0 Å². The Morgan fingerprint density at radius 2 is 1.74 bits per heavy atom. The molecule has 1 fully saturated rings. The number of halogens is 1. The molecule has 0 bridgehead atoms. The van der Waals surface area contributed by atoms with E-state index < -0.39 is 0 Å². The zero-order chi connectivity index (χ0) is 25.3. The Hall–Kier alpha value is -2.73. The van der Waals surface area contributed by atoms with E-state index in [9.17, 15) is 9.59 Å². The maximum Gasteiger partial charge on any atom is 0.228 e. The minimum atomic E-state index is -0.240. The Morgan fingerprint density at radius 3 is 2.31 bits per heavy atom. The van der Waals surface area contributed by atoms with Crippen LogP contribution in [0.25, 0.3) is 0 Å². The molecule has 1 aliphatic heterocycles. The van der Waals surface area contributed by atoms with Gasteiger partial charge in [0.2, 0.25) is 11.8 Å². The Kier molecular flexibility index (Phi) is 7.60. The van der Waals surface area contributed by atoms with Gasteiger partial charge in [-0.1, -0.05) is 23.7 Å². The van der Waals surface area contributed by atoms with Crippen LogP contribution in [0.1, 0.15) is 69.2 Å². The van der Waals surface area contributed by atoms with E-state index in [-0.39, 0.29) is 36.0 Å². The lowest BCUT2D eigenvalue weighted by atomic mass is 9.82. The molecule has 1 aliphatic carbocycles. The number of benzene rings is 2. The number of methoxy groups -OCH3 is 1. The average molecular weight is 499 g/mol. The van der Waals surface area contributed by atoms with E-state index in [1.807, 2.05) is 62.2 Å². The van der Waals surface area contributed by atoms with Crippen LogP contribution in [0.4, 0.5) is 0 Å². The first-order valence-corrected chi connectivity index (χ1v) is 12.7. The highest BCUT2D eigenvalue weighted by atomic mass is 35.5. The number of hydrogen-bond donors (Lipinski definition) is 0. The molecule has 4 rings (SSSR count). The predicted molar refractivity (Wildman–Crippen MR) is 137 cm³/mol. The average Bonchev–Trinajstić information content (AvgIpc) is 2.83. The maximum absolute atomic E-state index is 13.7. The van der Waals surface area contributed by atoms with Gasteiger partial charge in [0.25, 0.3) is 0 Å². The van der Waals surface area contributed by atoms with Crippen LogP contribution in [-0.4, -0.2) is 54.0 Å². The second kappa shape index (κ2) is 10.5. The third-order valence-corrected chi connectivity index (χ3v) is 7.53. The fraction of sp³-hybridized carbons (Fsp3) is 0.500. The molecule has 188 valence electrons. The molecule has 2 aromatic carbocycles. The number of ether oxygens (including phenoxy) is 2. The van der Waals surface area contributed by atoms with Crippen LogP contribution < -0.4 is 9.47 Å². The molecule has 1 saturated carbocycles. The van der Waals surface area contributed by atoms with Crippen LogP contribution in [-0.2, 0) is 16.0 Å². The van der Waals surface area contributed by atoms with Gasteiger partial charge in [0.1, 0.15) is 0 Å². The maximum atomic E-state index is 13.7. The molecule has 0 spiro atoms. The molecule has 1 atom stereocenters. The van der Waals surface area contributed by atoms with Crippen molar-refractivity contribution in [3.8, 4) is 11.5 Å². The summed E-state index contributed by atoms with van der Waals surface area (Å²) >= 11 is 6.21. The summed E-state index contributed by atoms with van der Waals surface area (Å²) in [7, 11) is 3.49. The molecule has 0 N–H and O–H groups in total. The number of nitrogens with zero attached hydrogens (tertiary/aromatic N) is 2. The highest BCUT2D eigenvalue weighted by molar-refractivity contribution is 6.30. The molecular formula is C28H35ClN2O4. The van der Waals surface area contributed by atoms with Crippen molar-refractivity contribution in [1.82, 2.24) is 9.80 Å². The number of carbonyl (C=O) groups excluding carboxylic acids is 2. The number of fused-ring (bicyclic) bond motifs is 1. The van der Waals surface area contributed by atoms with Gasteiger partial charge in [-0.3, -0.25) is 9.59 Å². The van der Waals surface area contributed by atoms with Crippen LogP contribution >= 0.6 is 11.6 Å². The van der Waals surface area contributed by atoms with Crippen molar-refractivity contribution in [2.75, 3.05) is 14.2 Å². The molecule has 2 amide bonds. The van der Waals surface area contributed by atoms with Gasteiger partial charge in [0.05, 0.1) is 25.7 Å². The number of carbonyl (C=O) groups is 2. The molecule has 35 heavy (non-hydrogen) atoms. The van der Waals surface area contributed by atoms with E-state index in [0.717, 1.165) is 42.4 Å². The van der Waals surface area contributed by atoms with Gasteiger partial charge in [-0.15, -0.1) is 0 Å². The van der Waals surface area contributed by atoms with E-state index >= 15 is 0 Å². The van der Waals surface area contributed by atoms with Crippen LogP contribution in [0.5, 0.6) is 11.5 Å². The molecule has 1 unspecified atom stereocenters. The second-order valence-electron chi connectivity index (χ2n) is 9.89. The lowest BCUT2D eigenvalue weighted by molar-refractivity contribution is -0.138. The fourth-order valence-electron chi connectivity index (χ4n) is 5.46. The smallest absolute Gasteiger partial charge is 0.228 e. The summed E-state index contributed by atoms with van der Waals surface area (Å²) in [5.41, 5.74) is 3.04. The molecule has 2 aliphatic rings. The zero-order valence-corrected chi connectivity index (χ0v) is 22.0. The van der Waals surface area contributed by atoms with E-state index in [4.69, 9.17) is 21.1 Å². The van der Waals surface area contributed by atoms with Gasteiger partial charge in [0.15, 0.2) is 11.5 Å². The van der Waals surface area contributed by atoms with Crippen molar-refractivity contribution < 1.29 is 19.1 Å². The third kappa shape index (κ3) is 5.27. The van der Waals surface area contributed by atoms with Crippen LogP contribution in [0.15, 0.2) is 36.4 Å². The molecule has 0 radical (unpaired) electrons.